The van der Waals surface area contributed by atoms with Gasteiger partial charge in [0.15, 0.2) is 11.0 Å². The van der Waals surface area contributed by atoms with Crippen LogP contribution in [0.25, 0.3) is 60.4 Å². The molecule has 0 atom stereocenters. The summed E-state index contributed by atoms with van der Waals surface area (Å²) in [6.07, 6.45) is 1.72. The van der Waals surface area contributed by atoms with E-state index in [4.69, 9.17) is 8.83 Å². The zero-order valence-corrected chi connectivity index (χ0v) is 18.1. The van der Waals surface area contributed by atoms with Crippen LogP contribution in [0.2, 0.25) is 0 Å². The Morgan fingerprint density at radius 3 is 2.53 bits per heavy atom. The maximum Gasteiger partial charge on any atom is 0.259 e. The Morgan fingerprint density at radius 1 is 0.781 bits per heavy atom. The molecule has 0 aliphatic rings. The number of rotatable bonds is 1. The van der Waals surface area contributed by atoms with Crippen LogP contribution in [0.3, 0.4) is 0 Å². The van der Waals surface area contributed by atoms with Crippen LogP contribution in [-0.4, -0.2) is 4.57 Å². The normalized spacial score (nSPS) is 12.2. The van der Waals surface area contributed by atoms with Crippen LogP contribution in [0.15, 0.2) is 81.8 Å². The van der Waals surface area contributed by atoms with Gasteiger partial charge in [0, 0.05) is 40.6 Å². The molecule has 0 amide bonds. The molecule has 0 radical (unpaired) electrons. The van der Waals surface area contributed by atoms with Gasteiger partial charge in [-0.3, -0.25) is 0 Å². The second-order valence-corrected chi connectivity index (χ2v) is 8.64. The van der Waals surface area contributed by atoms with E-state index in [1.165, 1.54) is 33.5 Å². The first-order valence-electron chi connectivity index (χ1n) is 10.8. The fourth-order valence-corrected chi connectivity index (χ4v) is 5.10. The molecule has 0 bridgehead atoms. The lowest BCUT2D eigenvalue weighted by Crippen LogP contribution is -2.30. The minimum Gasteiger partial charge on any atom is -0.464 e. The van der Waals surface area contributed by atoms with Gasteiger partial charge in [-0.1, -0.05) is 24.3 Å². The third-order valence-electron chi connectivity index (χ3n) is 6.89. The molecule has 4 nitrogen and oxygen atoms in total. The molecule has 0 saturated carbocycles. The second-order valence-electron chi connectivity index (χ2n) is 8.64. The van der Waals surface area contributed by atoms with E-state index in [2.05, 4.69) is 84.6 Å². The maximum atomic E-state index is 6.42. The maximum absolute atomic E-state index is 6.42. The van der Waals surface area contributed by atoms with Crippen molar-refractivity contribution >= 4 is 54.7 Å². The number of aromatic nitrogens is 2. The lowest BCUT2D eigenvalue weighted by atomic mass is 10.0. The van der Waals surface area contributed by atoms with Crippen molar-refractivity contribution in [2.75, 3.05) is 0 Å². The average molecular weight is 417 g/mol. The number of para-hydroxylation sites is 1. The summed E-state index contributed by atoms with van der Waals surface area (Å²) in [4.78, 5) is 0. The van der Waals surface area contributed by atoms with E-state index in [9.17, 15) is 0 Å². The minimum atomic E-state index is 0.847. The number of benzene rings is 4. The molecule has 0 unspecified atom stereocenters. The Bertz CT molecular complexity index is 1860. The zero-order valence-electron chi connectivity index (χ0n) is 18.1. The van der Waals surface area contributed by atoms with Crippen molar-refractivity contribution in [1.82, 2.24) is 4.57 Å². The molecule has 0 saturated heterocycles. The molecule has 4 aromatic carbocycles. The number of nitrogens with zero attached hydrogens (tertiary/aromatic N) is 2. The summed E-state index contributed by atoms with van der Waals surface area (Å²) < 4.78 is 16.6. The van der Waals surface area contributed by atoms with Crippen molar-refractivity contribution < 1.29 is 13.4 Å². The fourth-order valence-electron chi connectivity index (χ4n) is 5.10. The molecule has 4 heteroatoms. The molecular weight excluding hydrogens is 396 g/mol. The lowest BCUT2D eigenvalue weighted by molar-refractivity contribution is -0.652. The molecule has 0 fully saturated rings. The number of fused-ring (bicyclic) bond motifs is 7. The highest BCUT2D eigenvalue weighted by Crippen LogP contribution is 2.38. The molecule has 0 aliphatic carbocycles. The first-order chi connectivity index (χ1) is 15.6. The number of hydrogen-bond acceptors (Lipinski definition) is 2. The Morgan fingerprint density at radius 2 is 1.66 bits per heavy atom. The first kappa shape index (κ1) is 17.6. The van der Waals surface area contributed by atoms with Crippen LogP contribution >= 0.6 is 0 Å². The van der Waals surface area contributed by atoms with Gasteiger partial charge in [0.2, 0.25) is 0 Å². The zero-order chi connectivity index (χ0) is 21.6. The van der Waals surface area contributed by atoms with Gasteiger partial charge in [-0.15, -0.1) is 0 Å². The van der Waals surface area contributed by atoms with Crippen molar-refractivity contribution in [3.8, 4) is 5.69 Å². The van der Waals surface area contributed by atoms with Gasteiger partial charge >= 0.3 is 0 Å². The highest BCUT2D eigenvalue weighted by molar-refractivity contribution is 6.18. The quantitative estimate of drug-likeness (QED) is 0.273. The smallest absolute Gasteiger partial charge is 0.259 e. The SMILES string of the molecule is Cc1ccccc1-n1c(C)[n+](C)c2cc3ccc4c5cc6ccoc6cc5oc4c3cc21. The van der Waals surface area contributed by atoms with Crippen molar-refractivity contribution in [1.29, 1.82) is 0 Å². The van der Waals surface area contributed by atoms with Gasteiger partial charge in [0.05, 0.1) is 13.3 Å². The highest BCUT2D eigenvalue weighted by Gasteiger charge is 2.24. The van der Waals surface area contributed by atoms with E-state index in [0.717, 1.165) is 38.3 Å². The van der Waals surface area contributed by atoms with Crippen molar-refractivity contribution in [3.05, 3.63) is 84.4 Å². The monoisotopic (exact) mass is 417 g/mol. The Labute approximate surface area is 183 Å². The predicted molar refractivity (Wildman–Crippen MR) is 128 cm³/mol. The summed E-state index contributed by atoms with van der Waals surface area (Å²) in [5.74, 6) is 1.19. The molecular formula is C28H21N2O2+. The van der Waals surface area contributed by atoms with Crippen LogP contribution < -0.4 is 4.57 Å². The van der Waals surface area contributed by atoms with Crippen LogP contribution in [0.4, 0.5) is 0 Å². The Kier molecular flexibility index (Phi) is 3.31. The van der Waals surface area contributed by atoms with Crippen LogP contribution in [-0.2, 0) is 7.05 Å². The highest BCUT2D eigenvalue weighted by atomic mass is 16.3. The summed E-state index contributed by atoms with van der Waals surface area (Å²) in [6, 6.07) is 23.6. The largest absolute Gasteiger partial charge is 0.464 e. The molecule has 154 valence electrons. The standard InChI is InChI=1S/C28H21N2O2/c1-16-6-4-5-7-23(16)30-17(2)29(3)24-13-18-8-9-20-22-12-19-10-11-31-26(19)15-27(22)32-28(20)21(18)14-25(24)30/h4-15H,1-3H3/q+1. The van der Waals surface area contributed by atoms with Gasteiger partial charge in [-0.2, -0.15) is 4.57 Å². The van der Waals surface area contributed by atoms with E-state index >= 15 is 0 Å². The topological polar surface area (TPSA) is 35.1 Å². The predicted octanol–water partition coefficient (Wildman–Crippen LogP) is 6.87. The summed E-state index contributed by atoms with van der Waals surface area (Å²) in [5.41, 5.74) is 7.44. The summed E-state index contributed by atoms with van der Waals surface area (Å²) >= 11 is 0. The summed E-state index contributed by atoms with van der Waals surface area (Å²) in [5, 5.41) is 5.63. The molecule has 32 heavy (non-hydrogen) atoms. The second kappa shape index (κ2) is 6.01. The van der Waals surface area contributed by atoms with Crippen molar-refractivity contribution in [3.63, 3.8) is 0 Å². The van der Waals surface area contributed by atoms with Crippen LogP contribution in [0.1, 0.15) is 11.4 Å². The molecule has 3 heterocycles. The number of furan rings is 2. The first-order valence-corrected chi connectivity index (χ1v) is 10.8. The van der Waals surface area contributed by atoms with Crippen LogP contribution in [0.5, 0.6) is 0 Å². The molecule has 0 aliphatic heterocycles. The van der Waals surface area contributed by atoms with Gasteiger partial charge in [-0.05, 0) is 48.2 Å². The molecule has 3 aromatic heterocycles. The minimum absolute atomic E-state index is 0.847. The van der Waals surface area contributed by atoms with Gasteiger partial charge in [0.25, 0.3) is 5.82 Å². The number of aryl methyl sites for hydroxylation is 2. The van der Waals surface area contributed by atoms with Crippen LogP contribution in [0, 0.1) is 13.8 Å². The fraction of sp³-hybridized carbons (Fsp3) is 0.107. The van der Waals surface area contributed by atoms with Crippen molar-refractivity contribution in [2.45, 2.75) is 13.8 Å². The van der Waals surface area contributed by atoms with E-state index in [1.54, 1.807) is 6.26 Å². The van der Waals surface area contributed by atoms with Gasteiger partial charge in [0.1, 0.15) is 22.4 Å². The summed E-state index contributed by atoms with van der Waals surface area (Å²) in [7, 11) is 2.13. The van der Waals surface area contributed by atoms with E-state index in [-0.39, 0.29) is 0 Å². The number of imidazole rings is 1. The summed E-state index contributed by atoms with van der Waals surface area (Å²) in [6.45, 7) is 4.33. The third-order valence-corrected chi connectivity index (χ3v) is 6.89. The Hall–Kier alpha value is -4.05. The molecule has 0 spiro atoms. The average Bonchev–Trinajstić information content (AvgIpc) is 3.47. The van der Waals surface area contributed by atoms with Gasteiger partial charge < -0.3 is 8.83 Å². The van der Waals surface area contributed by atoms with E-state index in [0.29, 0.717) is 0 Å². The molecule has 7 rings (SSSR count). The Balaban J connectivity index is 1.63. The number of hydrogen-bond donors (Lipinski definition) is 0. The van der Waals surface area contributed by atoms with Crippen molar-refractivity contribution in [2.24, 2.45) is 7.05 Å². The van der Waals surface area contributed by atoms with E-state index in [1.807, 2.05) is 12.1 Å². The third kappa shape index (κ3) is 2.19. The lowest BCUT2D eigenvalue weighted by Gasteiger charge is -2.04. The molecule has 0 N–H and O–H groups in total. The van der Waals surface area contributed by atoms with Gasteiger partial charge in [-0.25, -0.2) is 4.57 Å². The molecule has 7 aromatic rings. The van der Waals surface area contributed by atoms with E-state index < -0.39 is 0 Å².